The largest absolute Gasteiger partial charge is 0.494 e. The molecular weight excluding hydrogens is 190 g/mol. The molecule has 0 fully saturated rings. The van der Waals surface area contributed by atoms with E-state index in [-0.39, 0.29) is 0 Å². The van der Waals surface area contributed by atoms with Crippen LogP contribution in [0.2, 0.25) is 0 Å². The van der Waals surface area contributed by atoms with Crippen LogP contribution in [-0.4, -0.2) is 11.0 Å². The molecule has 4 heteroatoms. The summed E-state index contributed by atoms with van der Waals surface area (Å²) in [5.41, 5.74) is 1.04. The Hall–Kier alpha value is -0.740. The van der Waals surface area contributed by atoms with Crippen LogP contribution in [0.3, 0.4) is 0 Å². The maximum atomic E-state index is 5.35. The molecule has 2 nitrogen and oxygen atoms in total. The molecule has 2 aromatic rings. The highest BCUT2D eigenvalue weighted by Gasteiger charge is 2.09. The molecule has 0 radical (unpaired) electrons. The van der Waals surface area contributed by atoms with Gasteiger partial charge in [0.15, 0.2) is 5.52 Å². The predicted molar refractivity (Wildman–Crippen MR) is 53.1 cm³/mol. The van der Waals surface area contributed by atoms with Crippen molar-refractivity contribution in [3.63, 3.8) is 0 Å². The van der Waals surface area contributed by atoms with Crippen LogP contribution in [0.4, 0.5) is 0 Å². The zero-order valence-electron chi connectivity index (χ0n) is 6.61. The predicted octanol–water partition coefficient (Wildman–Crippen LogP) is 3.04. The quantitative estimate of drug-likeness (QED) is 0.546. The minimum absolute atomic E-state index is 0.707. The summed E-state index contributed by atoms with van der Waals surface area (Å²) < 4.78 is 10.8. The summed E-state index contributed by atoms with van der Waals surface area (Å²) in [6.07, 6.45) is 0. The van der Waals surface area contributed by atoms with Crippen molar-refractivity contribution in [3.8, 4) is 5.75 Å². The number of fused-ring (bicyclic) bond motifs is 1. The average molecular weight is 198 g/mol. The van der Waals surface area contributed by atoms with Crippen LogP contribution in [0.25, 0.3) is 10.2 Å². The fourth-order valence-corrected chi connectivity index (χ4v) is 2.73. The molecule has 62 valence electrons. The van der Waals surface area contributed by atoms with Crippen LogP contribution in [0, 0.1) is 0 Å². The van der Waals surface area contributed by atoms with Crippen LogP contribution < -0.4 is 4.74 Å². The van der Waals surface area contributed by atoms with Gasteiger partial charge < -0.3 is 4.74 Å². The molecule has 0 N–H and O–H groups in total. The summed E-state index contributed by atoms with van der Waals surface area (Å²) >= 11 is 0. The van der Waals surface area contributed by atoms with Crippen molar-refractivity contribution in [3.05, 3.63) is 18.2 Å². The summed E-state index contributed by atoms with van der Waals surface area (Å²) in [6, 6.07) is 6.01. The number of hydrogen-bond donors (Lipinski definition) is 0. The lowest BCUT2D eigenvalue weighted by Crippen LogP contribution is -1.90. The first kappa shape index (κ1) is 7.89. The molecule has 1 aromatic heterocycles. The van der Waals surface area contributed by atoms with Gasteiger partial charge in [-0.3, -0.25) is 0 Å². The van der Waals surface area contributed by atoms with Crippen LogP contribution in [-0.2, 0) is 0 Å². The fraction of sp³-hybridized carbons (Fsp3) is 0.250. The smallest absolute Gasteiger partial charge is 0.323 e. The van der Waals surface area contributed by atoms with Gasteiger partial charge >= 0.3 is 10.3 Å². The van der Waals surface area contributed by atoms with Crippen molar-refractivity contribution < 1.29 is 4.74 Å². The van der Waals surface area contributed by atoms with Crippen molar-refractivity contribution in [2.45, 2.75) is 6.92 Å². The highest BCUT2D eigenvalue weighted by molar-refractivity contribution is 7.69. The maximum absolute atomic E-state index is 5.35. The van der Waals surface area contributed by atoms with E-state index < -0.39 is 0 Å². The molecule has 0 spiro atoms. The lowest BCUT2D eigenvalue weighted by Gasteiger charge is -1.99. The summed E-state index contributed by atoms with van der Waals surface area (Å²) in [5, 5.41) is 0. The van der Waals surface area contributed by atoms with Gasteiger partial charge in [-0.15, -0.1) is 4.37 Å². The topological polar surface area (TPSA) is 22.1 Å². The van der Waals surface area contributed by atoms with Crippen molar-refractivity contribution in [1.29, 1.82) is 0 Å². The minimum atomic E-state index is 0.707. The number of nitrogens with zero attached hydrogens (tertiary/aromatic N) is 1. The molecule has 0 saturated heterocycles. The Morgan fingerprint density at radius 3 is 3.33 bits per heavy atom. The van der Waals surface area contributed by atoms with Gasteiger partial charge in [0, 0.05) is 12.1 Å². The first-order chi connectivity index (χ1) is 5.90. The zero-order valence-corrected chi connectivity index (χ0v) is 8.24. The molecule has 1 heterocycles. The third-order valence-electron chi connectivity index (χ3n) is 1.50. The second kappa shape index (κ2) is 3.33. The van der Waals surface area contributed by atoms with Gasteiger partial charge in [0.2, 0.25) is 0 Å². The maximum Gasteiger partial charge on any atom is 0.323 e. The summed E-state index contributed by atoms with van der Waals surface area (Å²) in [6.45, 7) is 2.69. The molecule has 0 aliphatic heterocycles. The Morgan fingerprint density at radius 1 is 1.58 bits per heavy atom. The highest BCUT2D eigenvalue weighted by Crippen LogP contribution is 2.25. The third-order valence-corrected chi connectivity index (χ3v) is 3.36. The first-order valence-electron chi connectivity index (χ1n) is 3.71. The highest BCUT2D eigenvalue weighted by atomic mass is 32.9. The molecule has 0 bridgehead atoms. The van der Waals surface area contributed by atoms with Crippen LogP contribution in [0.1, 0.15) is 6.92 Å². The molecule has 0 amide bonds. The van der Waals surface area contributed by atoms with Gasteiger partial charge in [0.25, 0.3) is 15.2 Å². The van der Waals surface area contributed by atoms with E-state index in [0.717, 1.165) is 11.3 Å². The first-order valence-corrected chi connectivity index (χ1v) is 5.82. The summed E-state index contributed by atoms with van der Waals surface area (Å²) in [4.78, 5) is 0. The van der Waals surface area contributed by atoms with Crippen LogP contribution in [0.5, 0.6) is 5.75 Å². The molecule has 12 heavy (non-hydrogen) atoms. The monoisotopic (exact) mass is 198 g/mol. The Labute approximate surface area is 78.0 Å². The van der Waals surface area contributed by atoms with Crippen LogP contribution in [0.15, 0.2) is 18.2 Å². The fourth-order valence-electron chi connectivity index (χ4n) is 0.994. The van der Waals surface area contributed by atoms with Gasteiger partial charge in [-0.25, -0.2) is 0 Å². The molecule has 1 aromatic carbocycles. The lowest BCUT2D eigenvalue weighted by atomic mass is 10.3. The number of benzene rings is 1. The number of hydrogen-bond acceptors (Lipinski definition) is 3. The van der Waals surface area contributed by atoms with E-state index >= 15 is 0 Å². The number of ether oxygens (including phenoxy) is 1. The van der Waals surface area contributed by atoms with Crippen molar-refractivity contribution in [2.24, 2.45) is 0 Å². The Kier molecular flexibility index (Phi) is 2.19. The Bertz CT molecular complexity index is 385. The van der Waals surface area contributed by atoms with Crippen molar-refractivity contribution >= 4 is 31.1 Å². The summed E-state index contributed by atoms with van der Waals surface area (Å²) in [7, 11) is 3.20. The lowest BCUT2D eigenvalue weighted by molar-refractivity contribution is 0.340. The SMILES string of the molecule is CCOc1ccc2[s+]snc2c1. The Morgan fingerprint density at radius 2 is 2.50 bits per heavy atom. The van der Waals surface area contributed by atoms with Crippen LogP contribution >= 0.6 is 20.9 Å². The van der Waals surface area contributed by atoms with E-state index in [4.69, 9.17) is 4.74 Å². The van der Waals surface area contributed by atoms with Gasteiger partial charge in [-0.1, -0.05) is 0 Å². The van der Waals surface area contributed by atoms with Gasteiger partial charge in [0.1, 0.15) is 5.75 Å². The molecule has 0 aliphatic carbocycles. The van der Waals surface area contributed by atoms with Crippen molar-refractivity contribution in [2.75, 3.05) is 6.61 Å². The van der Waals surface area contributed by atoms with E-state index in [0.29, 0.717) is 6.61 Å². The normalized spacial score (nSPS) is 10.4. The average Bonchev–Trinajstić information content (AvgIpc) is 2.51. The molecule has 0 atom stereocenters. The molecule has 0 saturated carbocycles. The molecule has 0 aliphatic rings. The van der Waals surface area contributed by atoms with Crippen molar-refractivity contribution in [1.82, 2.24) is 4.37 Å². The van der Waals surface area contributed by atoms with E-state index in [1.165, 1.54) is 15.2 Å². The second-order valence-corrected chi connectivity index (χ2v) is 4.20. The third kappa shape index (κ3) is 1.40. The zero-order chi connectivity index (χ0) is 8.39. The second-order valence-electron chi connectivity index (χ2n) is 2.31. The summed E-state index contributed by atoms with van der Waals surface area (Å²) in [5.74, 6) is 0.906. The number of rotatable bonds is 2. The molecule has 0 unspecified atom stereocenters. The van der Waals surface area contributed by atoms with Gasteiger partial charge in [0.05, 0.1) is 6.61 Å². The number of aromatic nitrogens is 1. The van der Waals surface area contributed by atoms with Gasteiger partial charge in [-0.05, 0) is 13.0 Å². The van der Waals surface area contributed by atoms with E-state index in [1.54, 1.807) is 10.3 Å². The molecule has 2 rings (SSSR count). The molecular formula is C8H8NOS2+. The van der Waals surface area contributed by atoms with E-state index in [1.807, 2.05) is 19.1 Å². The van der Waals surface area contributed by atoms with Gasteiger partial charge in [-0.2, -0.15) is 0 Å². The standard InChI is InChI=1S/C8H8NOS2/c1-2-10-6-3-4-8-7(5-6)9-12-11-8/h3-5H,2H2,1H3/q+1. The minimum Gasteiger partial charge on any atom is -0.494 e. The Balaban J connectivity index is 2.46. The van der Waals surface area contributed by atoms with E-state index in [9.17, 15) is 0 Å². The van der Waals surface area contributed by atoms with E-state index in [2.05, 4.69) is 10.4 Å².